The third-order valence-corrected chi connectivity index (χ3v) is 2.60. The SMILES string of the molecule is CN1C(=O)S[C@H](CC(=O)[O-])C1=O. The van der Waals surface area contributed by atoms with Gasteiger partial charge in [-0.25, -0.2) is 0 Å². The Hall–Kier alpha value is -1.04. The monoisotopic (exact) mass is 188 g/mol. The molecule has 12 heavy (non-hydrogen) atoms. The highest BCUT2D eigenvalue weighted by atomic mass is 32.2. The minimum atomic E-state index is -1.32. The average Bonchev–Trinajstić information content (AvgIpc) is 2.17. The smallest absolute Gasteiger partial charge is 0.288 e. The Morgan fingerprint density at radius 3 is 2.58 bits per heavy atom. The zero-order chi connectivity index (χ0) is 9.30. The van der Waals surface area contributed by atoms with E-state index in [1.54, 1.807) is 0 Å². The van der Waals surface area contributed by atoms with Crippen molar-refractivity contribution in [3.63, 3.8) is 0 Å². The van der Waals surface area contributed by atoms with E-state index >= 15 is 0 Å². The summed E-state index contributed by atoms with van der Waals surface area (Å²) in [5.74, 6) is -1.78. The molecule has 0 saturated carbocycles. The molecule has 6 heteroatoms. The van der Waals surface area contributed by atoms with Crippen LogP contribution in [0.3, 0.4) is 0 Å². The molecule has 0 aliphatic carbocycles. The van der Waals surface area contributed by atoms with Crippen molar-refractivity contribution in [1.29, 1.82) is 0 Å². The van der Waals surface area contributed by atoms with Crippen molar-refractivity contribution in [3.05, 3.63) is 0 Å². The molecule has 1 aliphatic heterocycles. The van der Waals surface area contributed by atoms with Crippen LogP contribution in [-0.2, 0) is 9.59 Å². The van der Waals surface area contributed by atoms with Gasteiger partial charge < -0.3 is 9.90 Å². The van der Waals surface area contributed by atoms with Gasteiger partial charge in [0.2, 0.25) is 5.91 Å². The van der Waals surface area contributed by atoms with Crippen molar-refractivity contribution in [2.75, 3.05) is 7.05 Å². The number of imide groups is 1. The summed E-state index contributed by atoms with van der Waals surface area (Å²) in [6.45, 7) is 0. The van der Waals surface area contributed by atoms with Crippen LogP contribution in [-0.4, -0.2) is 34.3 Å². The van der Waals surface area contributed by atoms with Crippen molar-refractivity contribution >= 4 is 28.9 Å². The Balaban J connectivity index is 2.65. The Labute approximate surface area is 72.7 Å². The molecule has 2 amide bonds. The molecule has 0 N–H and O–H groups in total. The van der Waals surface area contributed by atoms with E-state index in [0.717, 1.165) is 16.7 Å². The van der Waals surface area contributed by atoms with Gasteiger partial charge in [0.15, 0.2) is 0 Å². The molecule has 0 spiro atoms. The van der Waals surface area contributed by atoms with Gasteiger partial charge in [-0.05, 0) is 0 Å². The molecule has 1 rings (SSSR count). The van der Waals surface area contributed by atoms with Crippen molar-refractivity contribution in [2.24, 2.45) is 0 Å². The second-order valence-corrected chi connectivity index (χ2v) is 3.50. The van der Waals surface area contributed by atoms with E-state index in [-0.39, 0.29) is 0 Å². The van der Waals surface area contributed by atoms with E-state index in [1.807, 2.05) is 0 Å². The molecule has 0 aromatic heterocycles. The molecule has 1 saturated heterocycles. The third-order valence-electron chi connectivity index (χ3n) is 1.48. The summed E-state index contributed by atoms with van der Waals surface area (Å²) in [6.07, 6.45) is -0.403. The van der Waals surface area contributed by atoms with Crippen LogP contribution in [0.5, 0.6) is 0 Å². The summed E-state index contributed by atoms with van der Waals surface area (Å²) in [7, 11) is 1.33. The van der Waals surface area contributed by atoms with E-state index in [4.69, 9.17) is 0 Å². The number of thioether (sulfide) groups is 1. The highest BCUT2D eigenvalue weighted by Crippen LogP contribution is 2.27. The molecule has 0 radical (unpaired) electrons. The van der Waals surface area contributed by atoms with Gasteiger partial charge >= 0.3 is 0 Å². The maximum Gasteiger partial charge on any atom is 0.288 e. The summed E-state index contributed by atoms with van der Waals surface area (Å²) in [4.78, 5) is 32.9. The van der Waals surface area contributed by atoms with Crippen LogP contribution in [0.2, 0.25) is 0 Å². The maximum absolute atomic E-state index is 11.0. The minimum Gasteiger partial charge on any atom is -0.550 e. The number of aliphatic carboxylic acids is 1. The van der Waals surface area contributed by atoms with Gasteiger partial charge in [0.1, 0.15) is 0 Å². The number of amides is 2. The number of carbonyl (C=O) groups excluding carboxylic acids is 3. The van der Waals surface area contributed by atoms with Crippen molar-refractivity contribution in [3.8, 4) is 0 Å². The molecular weight excluding hydrogens is 182 g/mol. The molecule has 1 aliphatic rings. The fourth-order valence-corrected chi connectivity index (χ4v) is 1.81. The van der Waals surface area contributed by atoms with E-state index in [0.29, 0.717) is 0 Å². The zero-order valence-electron chi connectivity index (χ0n) is 6.27. The fraction of sp³-hybridized carbons (Fsp3) is 0.500. The minimum absolute atomic E-state index is 0.403. The lowest BCUT2D eigenvalue weighted by Gasteiger charge is -2.06. The number of rotatable bonds is 2. The first kappa shape index (κ1) is 9.05. The molecule has 1 fully saturated rings. The first-order chi connectivity index (χ1) is 5.52. The largest absolute Gasteiger partial charge is 0.550 e. The second-order valence-electron chi connectivity index (χ2n) is 2.35. The Bertz CT molecular complexity index is 250. The highest BCUT2D eigenvalue weighted by molar-refractivity contribution is 8.15. The Kier molecular flexibility index (Phi) is 2.37. The standard InChI is InChI=1S/C6H7NO4S/c1-7-5(10)3(2-4(8)9)12-6(7)11/h3H,2H2,1H3,(H,8,9)/p-1/t3-/m1/s1. The number of hydrogen-bond donors (Lipinski definition) is 0. The molecular formula is C6H6NO4S-. The molecule has 5 nitrogen and oxygen atoms in total. The van der Waals surface area contributed by atoms with Gasteiger partial charge in [-0.15, -0.1) is 0 Å². The van der Waals surface area contributed by atoms with E-state index in [2.05, 4.69) is 0 Å². The number of carboxylic acids is 1. The lowest BCUT2D eigenvalue weighted by molar-refractivity contribution is -0.305. The van der Waals surface area contributed by atoms with Gasteiger partial charge in [-0.1, -0.05) is 11.8 Å². The van der Waals surface area contributed by atoms with Gasteiger partial charge in [0.25, 0.3) is 5.24 Å². The van der Waals surface area contributed by atoms with Crippen molar-refractivity contribution in [1.82, 2.24) is 4.90 Å². The van der Waals surface area contributed by atoms with Crippen molar-refractivity contribution < 1.29 is 19.5 Å². The van der Waals surface area contributed by atoms with Crippen LogP contribution >= 0.6 is 11.8 Å². The van der Waals surface area contributed by atoms with Crippen molar-refractivity contribution in [2.45, 2.75) is 11.7 Å². The lowest BCUT2D eigenvalue weighted by Crippen LogP contribution is -2.32. The number of nitrogens with zero attached hydrogens (tertiary/aromatic N) is 1. The predicted molar refractivity (Wildman–Crippen MR) is 39.2 cm³/mol. The zero-order valence-corrected chi connectivity index (χ0v) is 7.09. The van der Waals surface area contributed by atoms with E-state index in [1.165, 1.54) is 7.05 Å². The molecule has 0 aromatic carbocycles. The second kappa shape index (κ2) is 3.14. The highest BCUT2D eigenvalue weighted by Gasteiger charge is 2.36. The summed E-state index contributed by atoms with van der Waals surface area (Å²) in [5, 5.41) is 8.90. The van der Waals surface area contributed by atoms with Crippen LogP contribution in [0.25, 0.3) is 0 Å². The van der Waals surface area contributed by atoms with Gasteiger partial charge in [0.05, 0.1) is 5.25 Å². The molecule has 66 valence electrons. The van der Waals surface area contributed by atoms with Gasteiger partial charge in [0, 0.05) is 19.4 Å². The molecule has 1 heterocycles. The summed E-state index contributed by atoms with van der Waals surface area (Å²) in [5.41, 5.74) is 0. The summed E-state index contributed by atoms with van der Waals surface area (Å²) >= 11 is 0.727. The number of hydrogen-bond acceptors (Lipinski definition) is 5. The van der Waals surface area contributed by atoms with Crippen LogP contribution in [0.15, 0.2) is 0 Å². The molecule has 0 unspecified atom stereocenters. The first-order valence-corrected chi connectivity index (χ1v) is 4.08. The maximum atomic E-state index is 11.0. The molecule has 0 aromatic rings. The first-order valence-electron chi connectivity index (χ1n) is 3.20. The normalized spacial score (nSPS) is 23.4. The fourth-order valence-electron chi connectivity index (χ4n) is 0.837. The number of carboxylic acid groups (broad SMARTS) is 1. The summed E-state index contributed by atoms with van der Waals surface area (Å²) in [6, 6.07) is 0. The van der Waals surface area contributed by atoms with Crippen LogP contribution in [0.4, 0.5) is 4.79 Å². The quantitative estimate of drug-likeness (QED) is 0.545. The van der Waals surface area contributed by atoms with Gasteiger partial charge in [-0.3, -0.25) is 14.5 Å². The average molecular weight is 188 g/mol. The van der Waals surface area contributed by atoms with E-state index in [9.17, 15) is 19.5 Å². The van der Waals surface area contributed by atoms with E-state index < -0.39 is 28.8 Å². The topological polar surface area (TPSA) is 77.5 Å². The number of carbonyl (C=O) groups is 3. The lowest BCUT2D eigenvalue weighted by atomic mass is 10.3. The third kappa shape index (κ3) is 1.58. The Morgan fingerprint density at radius 1 is 1.67 bits per heavy atom. The van der Waals surface area contributed by atoms with Crippen LogP contribution in [0.1, 0.15) is 6.42 Å². The summed E-state index contributed by atoms with van der Waals surface area (Å²) < 4.78 is 0. The van der Waals surface area contributed by atoms with Crippen LogP contribution in [0, 0.1) is 0 Å². The predicted octanol–water partition coefficient (Wildman–Crippen LogP) is -1.18. The molecule has 1 atom stereocenters. The molecule has 0 bridgehead atoms. The Morgan fingerprint density at radius 2 is 2.25 bits per heavy atom. The van der Waals surface area contributed by atoms with Crippen LogP contribution < -0.4 is 5.11 Å². The van der Waals surface area contributed by atoms with Gasteiger partial charge in [-0.2, -0.15) is 0 Å².